The molecule has 0 atom stereocenters. The van der Waals surface area contributed by atoms with E-state index in [0.717, 1.165) is 0 Å². The quantitative estimate of drug-likeness (QED) is 0.659. The molecule has 0 bridgehead atoms. The Balaban J connectivity index is 2.94. The van der Waals surface area contributed by atoms with E-state index in [9.17, 15) is 4.79 Å². The molecule has 5 heteroatoms. The third kappa shape index (κ3) is 2.43. The first kappa shape index (κ1) is 10.5. The Morgan fingerprint density at radius 1 is 1.57 bits per heavy atom. The summed E-state index contributed by atoms with van der Waals surface area (Å²) < 4.78 is 0. The SMILES string of the molecule is Cc1ncc(N)cc1C(=O)NN(C)C. The Bertz CT molecular complexity index is 349. The van der Waals surface area contributed by atoms with Gasteiger partial charge in [0, 0.05) is 14.1 Å². The number of anilines is 1. The molecular weight excluding hydrogens is 180 g/mol. The molecule has 0 fully saturated rings. The van der Waals surface area contributed by atoms with Crippen molar-refractivity contribution in [2.24, 2.45) is 0 Å². The summed E-state index contributed by atoms with van der Waals surface area (Å²) >= 11 is 0. The molecule has 0 radical (unpaired) electrons. The molecule has 0 spiro atoms. The fourth-order valence-corrected chi connectivity index (χ4v) is 1.04. The van der Waals surface area contributed by atoms with E-state index >= 15 is 0 Å². The molecule has 0 unspecified atom stereocenters. The largest absolute Gasteiger partial charge is 0.397 e. The molecule has 1 aromatic rings. The number of aryl methyl sites for hydroxylation is 1. The predicted molar refractivity (Wildman–Crippen MR) is 54.5 cm³/mol. The number of nitrogens with one attached hydrogen (secondary N) is 1. The lowest BCUT2D eigenvalue weighted by Crippen LogP contribution is -2.36. The van der Waals surface area contributed by atoms with Gasteiger partial charge in [-0.05, 0) is 13.0 Å². The summed E-state index contributed by atoms with van der Waals surface area (Å²) in [5.41, 5.74) is 9.82. The second-order valence-corrected chi connectivity index (χ2v) is 3.24. The van der Waals surface area contributed by atoms with Crippen LogP contribution in [0.1, 0.15) is 16.1 Å². The summed E-state index contributed by atoms with van der Waals surface area (Å²) in [5.74, 6) is -0.202. The Labute approximate surface area is 82.9 Å². The van der Waals surface area contributed by atoms with Gasteiger partial charge in [0.15, 0.2) is 0 Å². The van der Waals surface area contributed by atoms with Crippen LogP contribution in [0.25, 0.3) is 0 Å². The zero-order valence-electron chi connectivity index (χ0n) is 8.53. The monoisotopic (exact) mass is 194 g/mol. The van der Waals surface area contributed by atoms with E-state index in [0.29, 0.717) is 16.9 Å². The fourth-order valence-electron chi connectivity index (χ4n) is 1.04. The number of hydrazine groups is 1. The predicted octanol–water partition coefficient (Wildman–Crippen LogP) is 0.179. The third-order valence-corrected chi connectivity index (χ3v) is 1.68. The lowest BCUT2D eigenvalue weighted by atomic mass is 10.2. The van der Waals surface area contributed by atoms with Gasteiger partial charge in [0.25, 0.3) is 5.91 Å². The van der Waals surface area contributed by atoms with Crippen LogP contribution in [0.15, 0.2) is 12.3 Å². The highest BCUT2D eigenvalue weighted by atomic mass is 16.2. The molecule has 0 saturated heterocycles. The average Bonchev–Trinajstić information content (AvgIpc) is 2.08. The van der Waals surface area contributed by atoms with E-state index in [-0.39, 0.29) is 5.91 Å². The number of aromatic nitrogens is 1. The maximum atomic E-state index is 11.6. The molecule has 1 heterocycles. The number of hydrogen-bond acceptors (Lipinski definition) is 4. The number of carbonyl (C=O) groups is 1. The van der Waals surface area contributed by atoms with Gasteiger partial charge in [-0.2, -0.15) is 0 Å². The molecule has 0 aliphatic rings. The maximum Gasteiger partial charge on any atom is 0.267 e. The van der Waals surface area contributed by atoms with Crippen LogP contribution < -0.4 is 11.2 Å². The van der Waals surface area contributed by atoms with Gasteiger partial charge in [0.05, 0.1) is 23.1 Å². The number of nitrogens with two attached hydrogens (primary N) is 1. The fraction of sp³-hybridized carbons (Fsp3) is 0.333. The summed E-state index contributed by atoms with van der Waals surface area (Å²) in [6.45, 7) is 1.77. The standard InChI is InChI=1S/C9H14N4O/c1-6-8(4-7(10)5-11-6)9(14)12-13(2)3/h4-5H,10H2,1-3H3,(H,12,14). The second kappa shape index (κ2) is 4.06. The van der Waals surface area contributed by atoms with Crippen molar-refractivity contribution in [3.05, 3.63) is 23.5 Å². The van der Waals surface area contributed by atoms with Crippen LogP contribution >= 0.6 is 0 Å². The van der Waals surface area contributed by atoms with Gasteiger partial charge in [0.2, 0.25) is 0 Å². The van der Waals surface area contributed by atoms with Crippen molar-refractivity contribution < 1.29 is 4.79 Å². The molecule has 1 rings (SSSR count). The van der Waals surface area contributed by atoms with Crippen molar-refractivity contribution in [1.29, 1.82) is 0 Å². The Morgan fingerprint density at radius 3 is 2.79 bits per heavy atom. The zero-order valence-corrected chi connectivity index (χ0v) is 8.53. The topological polar surface area (TPSA) is 71.2 Å². The number of carbonyl (C=O) groups excluding carboxylic acids is 1. The van der Waals surface area contributed by atoms with Crippen LogP contribution in [0.4, 0.5) is 5.69 Å². The van der Waals surface area contributed by atoms with Gasteiger partial charge < -0.3 is 5.73 Å². The number of amides is 1. The smallest absolute Gasteiger partial charge is 0.267 e. The van der Waals surface area contributed by atoms with Crippen LogP contribution in [0.3, 0.4) is 0 Å². The van der Waals surface area contributed by atoms with Gasteiger partial charge in [-0.1, -0.05) is 0 Å². The van der Waals surface area contributed by atoms with Gasteiger partial charge in [0.1, 0.15) is 0 Å². The minimum Gasteiger partial charge on any atom is -0.397 e. The van der Waals surface area contributed by atoms with Crippen molar-refractivity contribution in [2.75, 3.05) is 19.8 Å². The van der Waals surface area contributed by atoms with Crippen molar-refractivity contribution in [2.45, 2.75) is 6.92 Å². The molecule has 3 N–H and O–H groups in total. The minimum atomic E-state index is -0.202. The van der Waals surface area contributed by atoms with Crippen molar-refractivity contribution in [3.63, 3.8) is 0 Å². The summed E-state index contributed by atoms with van der Waals surface area (Å²) in [6.07, 6.45) is 1.53. The average molecular weight is 194 g/mol. The van der Waals surface area contributed by atoms with Gasteiger partial charge in [-0.3, -0.25) is 15.2 Å². The number of nitrogen functional groups attached to an aromatic ring is 1. The Hall–Kier alpha value is -1.62. The molecule has 14 heavy (non-hydrogen) atoms. The summed E-state index contributed by atoms with van der Waals surface area (Å²) in [7, 11) is 3.49. The van der Waals surface area contributed by atoms with Gasteiger partial charge in [-0.25, -0.2) is 5.01 Å². The normalized spacial score (nSPS) is 10.3. The lowest BCUT2D eigenvalue weighted by molar-refractivity contribution is 0.0856. The van der Waals surface area contributed by atoms with Crippen molar-refractivity contribution in [1.82, 2.24) is 15.4 Å². The van der Waals surface area contributed by atoms with Gasteiger partial charge >= 0.3 is 0 Å². The van der Waals surface area contributed by atoms with Gasteiger partial charge in [-0.15, -0.1) is 0 Å². The van der Waals surface area contributed by atoms with Crippen molar-refractivity contribution in [3.8, 4) is 0 Å². The van der Waals surface area contributed by atoms with E-state index in [1.165, 1.54) is 6.20 Å². The first-order valence-corrected chi connectivity index (χ1v) is 4.21. The number of pyridine rings is 1. The Morgan fingerprint density at radius 2 is 2.21 bits per heavy atom. The van der Waals surface area contributed by atoms with E-state index in [1.807, 2.05) is 0 Å². The lowest BCUT2D eigenvalue weighted by Gasteiger charge is -2.12. The molecule has 5 nitrogen and oxygen atoms in total. The maximum absolute atomic E-state index is 11.6. The molecule has 1 amide bonds. The molecule has 0 aliphatic carbocycles. The van der Waals surface area contributed by atoms with E-state index in [1.54, 1.807) is 32.1 Å². The molecule has 0 saturated carbocycles. The molecule has 76 valence electrons. The first-order valence-electron chi connectivity index (χ1n) is 4.21. The minimum absolute atomic E-state index is 0.202. The number of nitrogens with zero attached hydrogens (tertiary/aromatic N) is 2. The highest BCUT2D eigenvalue weighted by molar-refractivity contribution is 5.95. The molecule has 0 aliphatic heterocycles. The van der Waals surface area contributed by atoms with Crippen LogP contribution in [0, 0.1) is 6.92 Å². The van der Waals surface area contributed by atoms with E-state index in [4.69, 9.17) is 5.73 Å². The molecule has 1 aromatic heterocycles. The summed E-state index contributed by atoms with van der Waals surface area (Å²) in [4.78, 5) is 15.6. The Kier molecular flexibility index (Phi) is 3.03. The van der Waals surface area contributed by atoms with Crippen LogP contribution in [0.2, 0.25) is 0 Å². The van der Waals surface area contributed by atoms with Crippen LogP contribution in [0.5, 0.6) is 0 Å². The first-order chi connectivity index (χ1) is 6.50. The summed E-state index contributed by atoms with van der Waals surface area (Å²) in [6, 6.07) is 1.61. The van der Waals surface area contributed by atoms with Crippen LogP contribution in [-0.2, 0) is 0 Å². The van der Waals surface area contributed by atoms with Crippen molar-refractivity contribution >= 4 is 11.6 Å². The molecular formula is C9H14N4O. The zero-order chi connectivity index (χ0) is 10.7. The second-order valence-electron chi connectivity index (χ2n) is 3.24. The number of hydrogen-bond donors (Lipinski definition) is 2. The summed E-state index contributed by atoms with van der Waals surface area (Å²) in [5, 5.41) is 1.57. The molecule has 0 aromatic carbocycles. The van der Waals surface area contributed by atoms with E-state index in [2.05, 4.69) is 10.4 Å². The highest BCUT2D eigenvalue weighted by Crippen LogP contribution is 2.08. The highest BCUT2D eigenvalue weighted by Gasteiger charge is 2.10. The number of rotatable bonds is 2. The van der Waals surface area contributed by atoms with Crippen LogP contribution in [-0.4, -0.2) is 30.0 Å². The van der Waals surface area contributed by atoms with E-state index < -0.39 is 0 Å². The third-order valence-electron chi connectivity index (χ3n) is 1.68.